The molecule has 0 spiro atoms. The second-order valence-corrected chi connectivity index (χ2v) is 15.1. The summed E-state index contributed by atoms with van der Waals surface area (Å²) in [5.41, 5.74) is 2.48. The van der Waals surface area contributed by atoms with Crippen LogP contribution in [0.2, 0.25) is 0 Å². The average Bonchev–Trinajstić information content (AvgIpc) is 2.95. The highest BCUT2D eigenvalue weighted by atomic mass is 16.6. The van der Waals surface area contributed by atoms with Crippen LogP contribution < -0.4 is 0 Å². The van der Waals surface area contributed by atoms with E-state index in [-0.39, 0.29) is 35.6 Å². The lowest BCUT2D eigenvalue weighted by atomic mass is 9.78. The molecule has 0 aromatic heterocycles. The Labute approximate surface area is 272 Å². The number of ether oxygens (including phenoxy) is 3. The lowest BCUT2D eigenvalue weighted by Crippen LogP contribution is -2.25. The molecule has 0 saturated heterocycles. The van der Waals surface area contributed by atoms with Crippen LogP contribution in [0, 0.1) is 0 Å². The molecule has 0 radical (unpaired) electrons. The normalized spacial score (nSPS) is 13.7. The Balaban J connectivity index is 2.15. The van der Waals surface area contributed by atoms with E-state index in [1.54, 1.807) is 0 Å². The van der Waals surface area contributed by atoms with Gasteiger partial charge >= 0.3 is 5.97 Å². The van der Waals surface area contributed by atoms with Crippen molar-refractivity contribution in [2.24, 2.45) is 0 Å². The summed E-state index contributed by atoms with van der Waals surface area (Å²) in [4.78, 5) is 12.5. The highest BCUT2D eigenvalue weighted by Crippen LogP contribution is 2.40. The van der Waals surface area contributed by atoms with Crippen LogP contribution in [0.15, 0.2) is 12.1 Å². The summed E-state index contributed by atoms with van der Waals surface area (Å²) in [7, 11) is 0. The van der Waals surface area contributed by atoms with E-state index in [4.69, 9.17) is 14.2 Å². The number of carbonyl (C=O) groups excluding carboxylic acids is 1. The Kier molecular flexibility index (Phi) is 20.2. The van der Waals surface area contributed by atoms with Gasteiger partial charge in [-0.3, -0.25) is 4.79 Å². The van der Waals surface area contributed by atoms with Crippen molar-refractivity contribution in [3.63, 3.8) is 0 Å². The molecule has 0 fully saturated rings. The number of hydrogen-bond donors (Lipinski definition) is 1. The molecule has 1 aromatic carbocycles. The topological polar surface area (TPSA) is 65.0 Å². The van der Waals surface area contributed by atoms with Crippen LogP contribution in [0.1, 0.15) is 175 Å². The first-order valence-corrected chi connectivity index (χ1v) is 18.0. The maximum absolute atomic E-state index is 12.5. The van der Waals surface area contributed by atoms with E-state index in [1.807, 2.05) is 26.0 Å². The number of aromatic hydroxyl groups is 1. The Bertz CT molecular complexity index is 860. The molecule has 256 valence electrons. The molecular weight excluding hydrogens is 548 g/mol. The van der Waals surface area contributed by atoms with E-state index in [2.05, 4.69) is 48.5 Å². The summed E-state index contributed by atoms with van der Waals surface area (Å²) in [6, 6.07) is 4.06. The van der Waals surface area contributed by atoms with Crippen molar-refractivity contribution < 1.29 is 24.1 Å². The third-order valence-electron chi connectivity index (χ3n) is 8.40. The lowest BCUT2D eigenvalue weighted by molar-refractivity contribution is -0.148. The molecule has 1 N–H and O–H groups in total. The number of phenols is 1. The summed E-state index contributed by atoms with van der Waals surface area (Å²) < 4.78 is 17.3. The van der Waals surface area contributed by atoms with Gasteiger partial charge in [-0.1, -0.05) is 144 Å². The smallest absolute Gasteiger partial charge is 0.306 e. The summed E-state index contributed by atoms with van der Waals surface area (Å²) in [5.74, 6) is 0.130. The molecule has 1 aromatic rings. The summed E-state index contributed by atoms with van der Waals surface area (Å²) in [6.07, 6.45) is 19.7. The van der Waals surface area contributed by atoms with Gasteiger partial charge in [-0.2, -0.15) is 0 Å². The highest BCUT2D eigenvalue weighted by Gasteiger charge is 2.26. The highest BCUT2D eigenvalue weighted by molar-refractivity contribution is 5.69. The number of carbonyl (C=O) groups is 1. The maximum atomic E-state index is 12.5. The van der Waals surface area contributed by atoms with Gasteiger partial charge < -0.3 is 19.3 Å². The SMILES string of the molecule is CCCCCCCCCCCCCCCCOC(C)COC(C)COC(=O)CCc1cc(C(C)(C)C)c(O)c(C(C)(C)C)c1. The van der Waals surface area contributed by atoms with E-state index < -0.39 is 0 Å². The van der Waals surface area contributed by atoms with Crippen LogP contribution in [0.5, 0.6) is 5.75 Å². The van der Waals surface area contributed by atoms with Crippen LogP contribution in [0.3, 0.4) is 0 Å². The monoisotopic (exact) mass is 619 g/mol. The number of rotatable bonds is 24. The molecule has 2 unspecified atom stereocenters. The van der Waals surface area contributed by atoms with Crippen molar-refractivity contribution in [1.82, 2.24) is 0 Å². The van der Waals surface area contributed by atoms with E-state index in [0.717, 1.165) is 29.7 Å². The van der Waals surface area contributed by atoms with Crippen molar-refractivity contribution in [1.29, 1.82) is 0 Å². The Morgan fingerprint density at radius 2 is 1.11 bits per heavy atom. The fraction of sp³-hybridized carbons (Fsp3) is 0.821. The third kappa shape index (κ3) is 18.4. The molecule has 0 amide bonds. The zero-order valence-electron chi connectivity index (χ0n) is 30.3. The van der Waals surface area contributed by atoms with E-state index >= 15 is 0 Å². The largest absolute Gasteiger partial charge is 0.507 e. The number of unbranched alkanes of at least 4 members (excludes halogenated alkanes) is 13. The number of phenolic OH excluding ortho intramolecular Hbond substituents is 1. The fourth-order valence-corrected chi connectivity index (χ4v) is 5.49. The summed E-state index contributed by atoms with van der Waals surface area (Å²) in [5, 5.41) is 10.9. The Hall–Kier alpha value is -1.59. The third-order valence-corrected chi connectivity index (χ3v) is 8.40. The van der Waals surface area contributed by atoms with Crippen LogP contribution in [0.25, 0.3) is 0 Å². The van der Waals surface area contributed by atoms with E-state index in [0.29, 0.717) is 25.2 Å². The van der Waals surface area contributed by atoms with Gasteiger partial charge in [0.2, 0.25) is 0 Å². The molecule has 1 rings (SSSR count). The standard InChI is InChI=1S/C39H70O5/c1-10-11-12-13-14-15-16-17-18-19-20-21-22-23-26-42-31(2)29-43-32(3)30-44-36(40)25-24-33-27-34(38(4,5)6)37(41)35(28-33)39(7,8)9/h27-28,31-32,41H,10-26,29-30H2,1-9H3. The predicted octanol–water partition coefficient (Wildman–Crippen LogP) is 10.8. The molecule has 0 bridgehead atoms. The summed E-state index contributed by atoms with van der Waals surface area (Å²) >= 11 is 0. The predicted molar refractivity (Wildman–Crippen MR) is 186 cm³/mol. The molecular formula is C39H70O5. The van der Waals surface area contributed by atoms with Crippen LogP contribution in [-0.4, -0.2) is 43.1 Å². The van der Waals surface area contributed by atoms with E-state index in [9.17, 15) is 9.90 Å². The van der Waals surface area contributed by atoms with Crippen molar-refractivity contribution in [2.45, 2.75) is 188 Å². The van der Waals surface area contributed by atoms with Crippen LogP contribution >= 0.6 is 0 Å². The minimum atomic E-state index is -0.231. The average molecular weight is 619 g/mol. The molecule has 2 atom stereocenters. The van der Waals surface area contributed by atoms with Gasteiger partial charge in [-0.05, 0) is 54.2 Å². The van der Waals surface area contributed by atoms with Crippen molar-refractivity contribution in [2.75, 3.05) is 19.8 Å². The molecule has 5 nitrogen and oxygen atoms in total. The lowest BCUT2D eigenvalue weighted by Gasteiger charge is -2.28. The van der Waals surface area contributed by atoms with Crippen molar-refractivity contribution in [3.8, 4) is 5.75 Å². The van der Waals surface area contributed by atoms with Gasteiger partial charge in [-0.15, -0.1) is 0 Å². The molecule has 0 heterocycles. The molecule has 0 saturated carbocycles. The van der Waals surface area contributed by atoms with Crippen LogP contribution in [0.4, 0.5) is 0 Å². The Morgan fingerprint density at radius 1 is 0.682 bits per heavy atom. The van der Waals surface area contributed by atoms with E-state index in [1.165, 1.54) is 83.5 Å². The molecule has 0 aliphatic carbocycles. The zero-order chi connectivity index (χ0) is 33.0. The first kappa shape index (κ1) is 40.4. The summed E-state index contributed by atoms with van der Waals surface area (Å²) in [6.45, 7) is 20.3. The number of aryl methyl sites for hydroxylation is 1. The first-order valence-electron chi connectivity index (χ1n) is 18.0. The number of hydrogen-bond acceptors (Lipinski definition) is 5. The van der Waals surface area contributed by atoms with Gasteiger partial charge in [0.25, 0.3) is 0 Å². The van der Waals surface area contributed by atoms with Gasteiger partial charge in [0.1, 0.15) is 12.4 Å². The van der Waals surface area contributed by atoms with Gasteiger partial charge in [-0.25, -0.2) is 0 Å². The van der Waals surface area contributed by atoms with Gasteiger partial charge in [0.05, 0.1) is 18.8 Å². The molecule has 0 aliphatic heterocycles. The second-order valence-electron chi connectivity index (χ2n) is 15.1. The second kappa shape index (κ2) is 22.0. The first-order chi connectivity index (χ1) is 20.8. The van der Waals surface area contributed by atoms with Crippen molar-refractivity contribution in [3.05, 3.63) is 28.8 Å². The zero-order valence-corrected chi connectivity index (χ0v) is 30.3. The minimum absolute atomic E-state index is 0.0265. The quantitative estimate of drug-likeness (QED) is 0.0922. The minimum Gasteiger partial charge on any atom is -0.507 e. The Morgan fingerprint density at radius 3 is 1.57 bits per heavy atom. The number of benzene rings is 1. The number of esters is 1. The fourth-order valence-electron chi connectivity index (χ4n) is 5.49. The molecule has 44 heavy (non-hydrogen) atoms. The molecule has 5 heteroatoms. The maximum Gasteiger partial charge on any atom is 0.306 e. The van der Waals surface area contributed by atoms with Gasteiger partial charge in [0, 0.05) is 13.0 Å². The van der Waals surface area contributed by atoms with Gasteiger partial charge in [0.15, 0.2) is 0 Å². The van der Waals surface area contributed by atoms with Crippen LogP contribution in [-0.2, 0) is 36.3 Å². The van der Waals surface area contributed by atoms with Crippen molar-refractivity contribution >= 4 is 5.97 Å². The molecule has 0 aliphatic rings.